The minimum atomic E-state index is -0.581. The number of nitrogens with two attached hydrogens (primary N) is 1. The Morgan fingerprint density at radius 3 is 2.63 bits per heavy atom. The second-order valence-corrected chi connectivity index (χ2v) is 15.3. The standard InChI is InChI=1S/C36H44FN7O3S2.C2H6/c1-35(2,22-39)47-36(3,4)23-41-33(45)26-8-9-29-30(17-26)44(14-15-48-5)32(42-29)20-43-12-10-25(11-13-43)31-19-40-34(49-31)46-21-27-7-6-24(18-38)16-28(27)37;1-2/h6-10,16-17,19H,11-15,20-23,39H2,1-5H3,(H,41,45);1-2H3. The molecule has 0 fully saturated rings. The molecule has 0 aliphatic carbocycles. The molecule has 2 aromatic heterocycles. The molecule has 4 aromatic rings. The van der Waals surface area contributed by atoms with Gasteiger partial charge in [0.25, 0.3) is 11.1 Å². The number of ether oxygens (including phenoxy) is 2. The van der Waals surface area contributed by atoms with Crippen molar-refractivity contribution in [1.82, 2.24) is 24.8 Å². The number of nitrogens with one attached hydrogen (secondary N) is 1. The number of thioether (sulfide) groups is 1. The number of rotatable bonds is 15. The second kappa shape index (κ2) is 18.1. The van der Waals surface area contributed by atoms with Crippen molar-refractivity contribution in [2.24, 2.45) is 5.73 Å². The molecule has 1 amide bonds. The molecule has 3 N–H and O–H groups in total. The molecular formula is C38H50FN7O3S2. The Hall–Kier alpha value is -3.80. The van der Waals surface area contributed by atoms with Crippen molar-refractivity contribution in [3.05, 3.63) is 81.9 Å². The fourth-order valence-electron chi connectivity index (χ4n) is 5.71. The number of amides is 1. The monoisotopic (exact) mass is 735 g/mol. The highest BCUT2D eigenvalue weighted by atomic mass is 32.2. The zero-order valence-corrected chi connectivity index (χ0v) is 32.3. The predicted molar refractivity (Wildman–Crippen MR) is 206 cm³/mol. The van der Waals surface area contributed by atoms with Crippen LogP contribution in [0.4, 0.5) is 4.39 Å². The fraction of sp³-hybridized carbons (Fsp3) is 0.474. The van der Waals surface area contributed by atoms with Gasteiger partial charge in [-0.05, 0) is 76.3 Å². The Morgan fingerprint density at radius 1 is 1.18 bits per heavy atom. The minimum Gasteiger partial charge on any atom is -0.465 e. The molecule has 13 heteroatoms. The van der Waals surface area contributed by atoms with Crippen molar-refractivity contribution in [3.8, 4) is 11.3 Å². The smallest absolute Gasteiger partial charge is 0.274 e. The highest BCUT2D eigenvalue weighted by Gasteiger charge is 2.29. The number of fused-ring (bicyclic) bond motifs is 1. The first-order chi connectivity index (χ1) is 24.4. The van der Waals surface area contributed by atoms with Crippen LogP contribution in [0.1, 0.15) is 80.1 Å². The number of carbonyl (C=O) groups excluding carboxylic acids is 1. The number of nitriles is 1. The number of nitrogens with zero attached hydrogens (tertiary/aromatic N) is 5. The van der Waals surface area contributed by atoms with E-state index in [9.17, 15) is 9.18 Å². The van der Waals surface area contributed by atoms with Crippen LogP contribution in [-0.4, -0.2) is 74.7 Å². The van der Waals surface area contributed by atoms with E-state index in [0.717, 1.165) is 53.5 Å². The summed E-state index contributed by atoms with van der Waals surface area (Å²) in [5.74, 6) is 1.28. The molecule has 0 saturated carbocycles. The largest absolute Gasteiger partial charge is 0.465 e. The Morgan fingerprint density at radius 2 is 1.96 bits per heavy atom. The summed E-state index contributed by atoms with van der Waals surface area (Å²) in [7, 11) is 0. The third-order valence-electron chi connectivity index (χ3n) is 8.32. The van der Waals surface area contributed by atoms with Gasteiger partial charge in [0, 0.05) is 55.8 Å². The van der Waals surface area contributed by atoms with E-state index in [-0.39, 0.29) is 18.1 Å². The minimum absolute atomic E-state index is 0.0435. The van der Waals surface area contributed by atoms with Crippen molar-refractivity contribution in [2.75, 3.05) is 38.2 Å². The van der Waals surface area contributed by atoms with Gasteiger partial charge < -0.3 is 25.1 Å². The van der Waals surface area contributed by atoms with Crippen LogP contribution in [0, 0.1) is 17.1 Å². The number of benzene rings is 2. The van der Waals surface area contributed by atoms with Gasteiger partial charge in [0.05, 0.1) is 45.3 Å². The second-order valence-electron chi connectivity index (χ2n) is 13.3. The van der Waals surface area contributed by atoms with E-state index in [1.165, 1.54) is 23.0 Å². The molecule has 10 nitrogen and oxygen atoms in total. The zero-order valence-electron chi connectivity index (χ0n) is 30.7. The lowest BCUT2D eigenvalue weighted by molar-refractivity contribution is -0.114. The summed E-state index contributed by atoms with van der Waals surface area (Å²) in [4.78, 5) is 26.0. The van der Waals surface area contributed by atoms with E-state index in [1.807, 2.05) is 65.8 Å². The molecule has 2 aromatic carbocycles. The molecule has 0 saturated heterocycles. The first kappa shape index (κ1) is 40.0. The maximum Gasteiger partial charge on any atom is 0.274 e. The lowest BCUT2D eigenvalue weighted by atomic mass is 10.1. The first-order valence-electron chi connectivity index (χ1n) is 17.3. The van der Waals surface area contributed by atoms with Gasteiger partial charge in [0.1, 0.15) is 18.2 Å². The van der Waals surface area contributed by atoms with E-state index < -0.39 is 17.0 Å². The molecule has 0 spiro atoms. The molecule has 0 radical (unpaired) electrons. The third-order valence-corrected chi connectivity index (χ3v) is 9.90. The molecule has 51 heavy (non-hydrogen) atoms. The number of aromatic nitrogens is 3. The number of hydrogen-bond acceptors (Lipinski definition) is 10. The van der Waals surface area contributed by atoms with Gasteiger partial charge in [-0.2, -0.15) is 17.0 Å². The van der Waals surface area contributed by atoms with E-state index in [4.69, 9.17) is 25.5 Å². The summed E-state index contributed by atoms with van der Waals surface area (Å²) in [5.41, 5.74) is 9.03. The molecule has 274 valence electrons. The highest BCUT2D eigenvalue weighted by molar-refractivity contribution is 7.98. The van der Waals surface area contributed by atoms with E-state index in [1.54, 1.807) is 30.1 Å². The average Bonchev–Trinajstić information content (AvgIpc) is 3.74. The average molecular weight is 736 g/mol. The van der Waals surface area contributed by atoms with Crippen LogP contribution >= 0.6 is 23.1 Å². The van der Waals surface area contributed by atoms with Crippen molar-refractivity contribution >= 4 is 45.6 Å². The summed E-state index contributed by atoms with van der Waals surface area (Å²) < 4.78 is 28.4. The van der Waals surface area contributed by atoms with Crippen LogP contribution in [0.25, 0.3) is 16.6 Å². The van der Waals surface area contributed by atoms with Crippen LogP contribution in [0.3, 0.4) is 0 Å². The van der Waals surface area contributed by atoms with Crippen LogP contribution in [0.15, 0.2) is 48.7 Å². The number of hydrogen-bond donors (Lipinski definition) is 2. The lowest BCUT2D eigenvalue weighted by Crippen LogP contribution is -2.48. The summed E-state index contributed by atoms with van der Waals surface area (Å²) in [5, 5.41) is 12.5. The van der Waals surface area contributed by atoms with Gasteiger partial charge in [-0.1, -0.05) is 37.3 Å². The molecule has 5 rings (SSSR count). The number of aryl methyl sites for hydroxylation is 1. The number of carbonyl (C=O) groups is 1. The topological polar surface area (TPSA) is 131 Å². The summed E-state index contributed by atoms with van der Waals surface area (Å²) >= 11 is 3.22. The van der Waals surface area contributed by atoms with Gasteiger partial charge in [-0.15, -0.1) is 0 Å². The normalized spacial score (nSPS) is 13.7. The number of halogens is 1. The Bertz CT molecular complexity index is 1860. The Balaban J connectivity index is 0.00000286. The van der Waals surface area contributed by atoms with Crippen LogP contribution in [0.2, 0.25) is 0 Å². The van der Waals surface area contributed by atoms with E-state index in [0.29, 0.717) is 36.0 Å². The van der Waals surface area contributed by atoms with Gasteiger partial charge in [0.15, 0.2) is 0 Å². The molecule has 1 aliphatic heterocycles. The van der Waals surface area contributed by atoms with Gasteiger partial charge in [-0.25, -0.2) is 14.4 Å². The summed E-state index contributed by atoms with van der Waals surface area (Å²) in [6.07, 6.45) is 6.97. The Labute approximate surface area is 309 Å². The summed E-state index contributed by atoms with van der Waals surface area (Å²) in [6.45, 7) is 15.6. The van der Waals surface area contributed by atoms with Crippen molar-refractivity contribution in [1.29, 1.82) is 5.26 Å². The van der Waals surface area contributed by atoms with Crippen molar-refractivity contribution in [3.63, 3.8) is 0 Å². The van der Waals surface area contributed by atoms with Crippen molar-refractivity contribution < 1.29 is 18.7 Å². The SMILES string of the molecule is CC.CSCCn1c(CN2CC=C(c3cnc(OCc4ccc(C#N)cc4F)s3)CC2)nc2ccc(C(=O)NCC(C)(C)OC(C)(C)CN)cc21. The van der Waals surface area contributed by atoms with Gasteiger partial charge in [0.2, 0.25) is 0 Å². The predicted octanol–water partition coefficient (Wildman–Crippen LogP) is 7.02. The van der Waals surface area contributed by atoms with Crippen LogP contribution < -0.4 is 15.8 Å². The highest BCUT2D eigenvalue weighted by Crippen LogP contribution is 2.32. The zero-order chi connectivity index (χ0) is 37.2. The summed E-state index contributed by atoms with van der Waals surface area (Å²) in [6, 6.07) is 12.0. The van der Waals surface area contributed by atoms with E-state index >= 15 is 0 Å². The maximum atomic E-state index is 14.2. The molecular weight excluding hydrogens is 686 g/mol. The van der Waals surface area contributed by atoms with E-state index in [2.05, 4.69) is 32.1 Å². The molecule has 0 bridgehead atoms. The van der Waals surface area contributed by atoms with Gasteiger partial charge in [-0.3, -0.25) is 9.69 Å². The molecule has 3 heterocycles. The van der Waals surface area contributed by atoms with Gasteiger partial charge >= 0.3 is 0 Å². The number of thiazole rings is 1. The third kappa shape index (κ3) is 10.9. The fourth-order valence-corrected chi connectivity index (χ4v) is 6.91. The van der Waals surface area contributed by atoms with Crippen LogP contribution in [-0.2, 0) is 24.4 Å². The quantitative estimate of drug-likeness (QED) is 0.132. The first-order valence-corrected chi connectivity index (χ1v) is 19.5. The van der Waals surface area contributed by atoms with Crippen LogP contribution in [0.5, 0.6) is 5.19 Å². The maximum absolute atomic E-state index is 14.2. The Kier molecular flexibility index (Phi) is 14.2. The molecule has 0 atom stereocenters. The lowest BCUT2D eigenvalue weighted by Gasteiger charge is -2.35. The molecule has 1 aliphatic rings. The molecule has 0 unspecified atom stereocenters. The van der Waals surface area contributed by atoms with Crippen molar-refractivity contribution in [2.45, 2.75) is 78.9 Å². The number of imidazole rings is 1.